The Labute approximate surface area is 187 Å². The Morgan fingerprint density at radius 3 is 2.38 bits per heavy atom. The topological polar surface area (TPSA) is 127 Å². The van der Waals surface area contributed by atoms with Gasteiger partial charge in [-0.05, 0) is 88.0 Å². The average Bonchev–Trinajstić information content (AvgIpc) is 3.31. The molecule has 0 saturated heterocycles. The lowest BCUT2D eigenvalue weighted by molar-refractivity contribution is -0.127. The first-order chi connectivity index (χ1) is 15.2. The van der Waals surface area contributed by atoms with Gasteiger partial charge in [0.1, 0.15) is 10.5 Å². The van der Waals surface area contributed by atoms with Crippen LogP contribution in [0.4, 0.5) is 0 Å². The van der Waals surface area contributed by atoms with E-state index in [0.717, 1.165) is 37.9 Å². The maximum atomic E-state index is 13.4. The molecule has 1 aromatic heterocycles. The lowest BCUT2D eigenvalue weighted by Gasteiger charge is -2.59. The summed E-state index contributed by atoms with van der Waals surface area (Å²) >= 11 is 0. The highest BCUT2D eigenvalue weighted by Gasteiger charge is 2.58. The summed E-state index contributed by atoms with van der Waals surface area (Å²) in [6.07, 6.45) is 4.96. The molecular weight excluding hydrogens is 430 g/mol. The zero-order chi connectivity index (χ0) is 22.7. The smallest absolute Gasteiger partial charge is 0.241 e. The largest absolute Gasteiger partial charge is 0.497 e. The number of H-pyrrole nitrogens is 1. The van der Waals surface area contributed by atoms with Crippen molar-refractivity contribution in [3.05, 3.63) is 30.1 Å². The van der Waals surface area contributed by atoms with Crippen molar-refractivity contribution in [1.82, 2.24) is 25.9 Å². The van der Waals surface area contributed by atoms with Gasteiger partial charge in [-0.15, -0.1) is 10.2 Å². The van der Waals surface area contributed by atoms with E-state index in [1.54, 1.807) is 12.1 Å². The number of carbonyl (C=O) groups is 1. The molecule has 0 radical (unpaired) electrons. The van der Waals surface area contributed by atoms with Gasteiger partial charge in [-0.3, -0.25) is 4.79 Å². The summed E-state index contributed by atoms with van der Waals surface area (Å²) in [5.74, 6) is 2.08. The van der Waals surface area contributed by atoms with Crippen LogP contribution in [0.2, 0.25) is 0 Å². The molecule has 4 aliphatic carbocycles. The number of rotatable bonds is 6. The summed E-state index contributed by atoms with van der Waals surface area (Å²) in [7, 11) is -2.36. The van der Waals surface area contributed by atoms with E-state index in [2.05, 4.69) is 25.9 Å². The number of aromatic nitrogens is 4. The van der Waals surface area contributed by atoms with Crippen LogP contribution in [0.1, 0.15) is 51.8 Å². The number of nitrogens with zero attached hydrogens (tertiary/aromatic N) is 3. The minimum Gasteiger partial charge on any atom is -0.497 e. The Morgan fingerprint density at radius 1 is 1.16 bits per heavy atom. The van der Waals surface area contributed by atoms with Crippen LogP contribution in [0.25, 0.3) is 0 Å². The molecule has 32 heavy (non-hydrogen) atoms. The SMILES string of the molecule is COc1ccc(S(=O)(=O)C(C)(C)C(=O)NC2C3CC4CC2CC(c2nn[nH]n2)(C4)C3)cc1. The van der Waals surface area contributed by atoms with Crippen LogP contribution in [0.3, 0.4) is 0 Å². The molecule has 2 aromatic rings. The number of sulfone groups is 1. The van der Waals surface area contributed by atoms with Gasteiger partial charge < -0.3 is 10.1 Å². The quantitative estimate of drug-likeness (QED) is 0.676. The van der Waals surface area contributed by atoms with E-state index < -0.39 is 20.5 Å². The Bertz CT molecular complexity index is 1100. The highest BCUT2D eigenvalue weighted by Crippen LogP contribution is 2.60. The Hall–Kier alpha value is -2.49. The summed E-state index contributed by atoms with van der Waals surface area (Å²) in [4.78, 5) is 13.5. The molecule has 1 aromatic carbocycles. The second kappa shape index (κ2) is 7.26. The maximum Gasteiger partial charge on any atom is 0.241 e. The summed E-state index contributed by atoms with van der Waals surface area (Å²) in [5.41, 5.74) is -0.0740. The predicted molar refractivity (Wildman–Crippen MR) is 116 cm³/mol. The minimum atomic E-state index is -3.89. The number of benzene rings is 1. The molecule has 10 heteroatoms. The third kappa shape index (κ3) is 3.14. The van der Waals surface area contributed by atoms with Gasteiger partial charge in [0.05, 0.1) is 12.0 Å². The van der Waals surface area contributed by atoms with Crippen molar-refractivity contribution < 1.29 is 17.9 Å². The van der Waals surface area contributed by atoms with Gasteiger partial charge in [0.15, 0.2) is 15.7 Å². The Morgan fingerprint density at radius 2 is 1.81 bits per heavy atom. The van der Waals surface area contributed by atoms with Gasteiger partial charge in [0.25, 0.3) is 0 Å². The van der Waals surface area contributed by atoms with Crippen LogP contribution in [-0.4, -0.2) is 52.8 Å². The van der Waals surface area contributed by atoms with Crippen molar-refractivity contribution >= 4 is 15.7 Å². The number of aromatic amines is 1. The zero-order valence-corrected chi connectivity index (χ0v) is 19.4. The monoisotopic (exact) mass is 459 g/mol. The lowest BCUT2D eigenvalue weighted by atomic mass is 9.47. The minimum absolute atomic E-state index is 0.0237. The fourth-order valence-electron chi connectivity index (χ4n) is 6.42. The number of ether oxygens (including phenoxy) is 1. The molecule has 4 saturated carbocycles. The molecule has 4 bridgehead atoms. The van der Waals surface area contributed by atoms with E-state index in [1.165, 1.54) is 33.1 Å². The molecule has 1 amide bonds. The fraction of sp³-hybridized carbons (Fsp3) is 0.636. The number of amides is 1. The average molecular weight is 460 g/mol. The first-order valence-electron chi connectivity index (χ1n) is 11.1. The van der Waals surface area contributed by atoms with Crippen LogP contribution in [0.5, 0.6) is 5.75 Å². The second-order valence-corrected chi connectivity index (χ2v) is 12.7. The van der Waals surface area contributed by atoms with E-state index >= 15 is 0 Å². The predicted octanol–water partition coefficient (Wildman–Crippen LogP) is 2.02. The second-order valence-electron chi connectivity index (χ2n) is 10.2. The molecule has 2 unspecified atom stereocenters. The van der Waals surface area contributed by atoms with Gasteiger partial charge in [0, 0.05) is 11.5 Å². The van der Waals surface area contributed by atoms with Crippen molar-refractivity contribution in [1.29, 1.82) is 0 Å². The molecule has 0 spiro atoms. The van der Waals surface area contributed by atoms with Crippen LogP contribution in [0, 0.1) is 17.8 Å². The van der Waals surface area contributed by atoms with Crippen LogP contribution in [-0.2, 0) is 20.0 Å². The molecule has 2 N–H and O–H groups in total. The van der Waals surface area contributed by atoms with Crippen molar-refractivity contribution in [3.63, 3.8) is 0 Å². The number of hydrogen-bond donors (Lipinski definition) is 2. The van der Waals surface area contributed by atoms with E-state index in [9.17, 15) is 13.2 Å². The fourth-order valence-corrected chi connectivity index (χ4v) is 7.80. The number of tetrazole rings is 1. The number of hydrogen-bond acceptors (Lipinski definition) is 7. The highest BCUT2D eigenvalue weighted by atomic mass is 32.2. The summed E-state index contributed by atoms with van der Waals surface area (Å²) in [6, 6.07) is 6.14. The van der Waals surface area contributed by atoms with E-state index in [0.29, 0.717) is 23.5 Å². The number of carbonyl (C=O) groups excluding carboxylic acids is 1. The molecule has 4 aliphatic rings. The van der Waals surface area contributed by atoms with E-state index in [1.807, 2.05) is 0 Å². The zero-order valence-electron chi connectivity index (χ0n) is 18.5. The summed E-state index contributed by atoms with van der Waals surface area (Å²) in [6.45, 7) is 2.97. The standard InChI is InChI=1S/C22H29N5O4S/c1-21(2,32(29,30)17-6-4-16(31-3)5-7-17)20(28)23-18-14-8-13-9-15(18)12-22(10-13,11-14)19-24-26-27-25-19/h4-7,13-15,18H,8-12H2,1-3H3,(H,23,28)(H,24,25,26,27). The van der Waals surface area contributed by atoms with Gasteiger partial charge in [-0.1, -0.05) is 5.21 Å². The Kier molecular flexibility index (Phi) is 4.85. The lowest BCUT2D eigenvalue weighted by Crippen LogP contribution is -2.63. The first kappa shape index (κ1) is 21.4. The summed E-state index contributed by atoms with van der Waals surface area (Å²) < 4.78 is 30.2. The third-order valence-electron chi connectivity index (χ3n) is 7.98. The highest BCUT2D eigenvalue weighted by molar-refractivity contribution is 7.93. The normalized spacial score (nSPS) is 31.5. The molecule has 1 heterocycles. The van der Waals surface area contributed by atoms with Gasteiger partial charge in [0.2, 0.25) is 5.91 Å². The van der Waals surface area contributed by atoms with Crippen LogP contribution >= 0.6 is 0 Å². The van der Waals surface area contributed by atoms with Crippen LogP contribution < -0.4 is 10.1 Å². The Balaban J connectivity index is 1.36. The molecule has 4 fully saturated rings. The summed E-state index contributed by atoms with van der Waals surface area (Å²) in [5, 5.41) is 18.1. The van der Waals surface area contributed by atoms with Gasteiger partial charge in [-0.25, -0.2) is 8.42 Å². The number of methoxy groups -OCH3 is 1. The van der Waals surface area contributed by atoms with Crippen molar-refractivity contribution in [3.8, 4) is 5.75 Å². The molecule has 9 nitrogen and oxygen atoms in total. The first-order valence-corrected chi connectivity index (χ1v) is 12.6. The van der Waals surface area contributed by atoms with Crippen molar-refractivity contribution in [2.45, 2.75) is 67.1 Å². The van der Waals surface area contributed by atoms with E-state index in [4.69, 9.17) is 4.74 Å². The molecule has 6 rings (SSSR count). The van der Waals surface area contributed by atoms with Gasteiger partial charge in [-0.2, -0.15) is 5.21 Å². The maximum absolute atomic E-state index is 13.4. The third-order valence-corrected chi connectivity index (χ3v) is 10.4. The molecule has 0 aliphatic heterocycles. The number of nitrogens with one attached hydrogen (secondary N) is 2. The van der Waals surface area contributed by atoms with Crippen LogP contribution in [0.15, 0.2) is 29.2 Å². The molecule has 172 valence electrons. The van der Waals surface area contributed by atoms with Gasteiger partial charge >= 0.3 is 0 Å². The van der Waals surface area contributed by atoms with Crippen molar-refractivity contribution in [2.24, 2.45) is 17.8 Å². The van der Waals surface area contributed by atoms with Crippen molar-refractivity contribution in [2.75, 3.05) is 7.11 Å². The van der Waals surface area contributed by atoms with E-state index in [-0.39, 0.29) is 16.4 Å². The molecular formula is C22H29N5O4S. The molecule has 2 atom stereocenters.